The Morgan fingerprint density at radius 1 is 1.18 bits per heavy atom. The fourth-order valence-corrected chi connectivity index (χ4v) is 0.756. The number of aliphatic hydroxyl groups is 1. The summed E-state index contributed by atoms with van der Waals surface area (Å²) in [6.45, 7) is 4.59. The summed E-state index contributed by atoms with van der Waals surface area (Å²) in [4.78, 5) is 21.8. The van der Waals surface area contributed by atoms with Crippen LogP contribution >= 0.6 is 0 Å². The highest BCUT2D eigenvalue weighted by Crippen LogP contribution is 2.04. The van der Waals surface area contributed by atoms with Crippen molar-refractivity contribution in [3.05, 3.63) is 0 Å². The van der Waals surface area contributed by atoms with Crippen molar-refractivity contribution in [2.75, 3.05) is 20.2 Å². The first kappa shape index (κ1) is 15.7. The first-order valence-corrected chi connectivity index (χ1v) is 5.13. The number of methoxy groups -OCH3 is 1. The molecule has 0 aromatic carbocycles. The Labute approximate surface area is 100 Å². The number of amides is 2. The van der Waals surface area contributed by atoms with Crippen molar-refractivity contribution in [2.45, 2.75) is 32.0 Å². The zero-order chi connectivity index (χ0) is 13.7. The Balaban J connectivity index is 4.01. The van der Waals surface area contributed by atoms with Gasteiger partial charge in [-0.15, -0.1) is 0 Å². The van der Waals surface area contributed by atoms with E-state index >= 15 is 0 Å². The summed E-state index contributed by atoms with van der Waals surface area (Å²) in [5.74, 6) is -1.39. The second-order valence-corrected chi connectivity index (χ2v) is 4.58. The Morgan fingerprint density at radius 3 is 2.06 bits per heavy atom. The van der Waals surface area contributed by atoms with Crippen molar-refractivity contribution in [3.63, 3.8) is 0 Å². The number of ether oxygens (including phenoxy) is 1. The monoisotopic (exact) mass is 248 g/mol. The third-order valence-corrected chi connectivity index (χ3v) is 2.28. The van der Waals surface area contributed by atoms with Crippen LogP contribution in [0.15, 0.2) is 0 Å². The van der Waals surface area contributed by atoms with Crippen LogP contribution in [0, 0.1) is 0 Å². The summed E-state index contributed by atoms with van der Waals surface area (Å²) in [6.07, 6.45) is 0. The number of rotatable bonds is 6. The number of carbonyl (C=O) groups is 2. The summed E-state index contributed by atoms with van der Waals surface area (Å²) in [5.41, 5.74) is -2.49. The number of carboxylic acid groups (broad SMARTS) is 1. The summed E-state index contributed by atoms with van der Waals surface area (Å²) < 4.78 is 5.09. The first-order chi connectivity index (χ1) is 7.60. The van der Waals surface area contributed by atoms with Crippen molar-refractivity contribution in [2.24, 2.45) is 0 Å². The SMILES string of the molecule is COC(C)(C)CNC(=O)NCC(C)(O)C(=O)O. The fourth-order valence-electron chi connectivity index (χ4n) is 0.756. The van der Waals surface area contributed by atoms with Crippen molar-refractivity contribution < 1.29 is 24.5 Å². The highest BCUT2D eigenvalue weighted by atomic mass is 16.5. The van der Waals surface area contributed by atoms with Crippen LogP contribution in [0.3, 0.4) is 0 Å². The molecular formula is C10H20N2O5. The van der Waals surface area contributed by atoms with E-state index in [1.807, 2.05) is 0 Å². The van der Waals surface area contributed by atoms with Crippen LogP contribution in [-0.4, -0.2) is 53.6 Å². The van der Waals surface area contributed by atoms with Gasteiger partial charge in [0, 0.05) is 13.7 Å². The minimum atomic E-state index is -1.98. The largest absolute Gasteiger partial charge is 0.479 e. The van der Waals surface area contributed by atoms with E-state index in [9.17, 15) is 14.7 Å². The molecule has 0 aromatic rings. The summed E-state index contributed by atoms with van der Waals surface area (Å²) in [6, 6.07) is -0.559. The van der Waals surface area contributed by atoms with E-state index in [1.165, 1.54) is 7.11 Å². The number of aliphatic carboxylic acids is 1. The number of urea groups is 1. The second kappa shape index (κ2) is 5.83. The number of hydrogen-bond donors (Lipinski definition) is 4. The van der Waals surface area contributed by atoms with Gasteiger partial charge in [0.15, 0.2) is 5.60 Å². The Bertz CT molecular complexity index is 288. The third kappa shape index (κ3) is 6.08. The molecule has 0 radical (unpaired) electrons. The molecule has 0 heterocycles. The minimum Gasteiger partial charge on any atom is -0.479 e. The van der Waals surface area contributed by atoms with E-state index in [4.69, 9.17) is 9.84 Å². The normalized spacial score (nSPS) is 14.9. The topological polar surface area (TPSA) is 108 Å². The van der Waals surface area contributed by atoms with E-state index < -0.39 is 23.2 Å². The predicted molar refractivity (Wildman–Crippen MR) is 60.7 cm³/mol. The lowest BCUT2D eigenvalue weighted by Gasteiger charge is -2.24. The third-order valence-electron chi connectivity index (χ3n) is 2.28. The van der Waals surface area contributed by atoms with Gasteiger partial charge in [-0.25, -0.2) is 9.59 Å². The van der Waals surface area contributed by atoms with E-state index in [0.717, 1.165) is 6.92 Å². The van der Waals surface area contributed by atoms with Crippen molar-refractivity contribution >= 4 is 12.0 Å². The molecule has 1 atom stereocenters. The quantitative estimate of drug-likeness (QED) is 0.509. The Morgan fingerprint density at radius 2 is 1.65 bits per heavy atom. The molecule has 0 aliphatic heterocycles. The van der Waals surface area contributed by atoms with E-state index in [0.29, 0.717) is 0 Å². The first-order valence-electron chi connectivity index (χ1n) is 5.13. The molecule has 0 saturated heterocycles. The van der Waals surface area contributed by atoms with Crippen molar-refractivity contribution in [1.82, 2.24) is 10.6 Å². The van der Waals surface area contributed by atoms with Gasteiger partial charge in [-0.2, -0.15) is 0 Å². The highest BCUT2D eigenvalue weighted by molar-refractivity contribution is 5.79. The number of nitrogens with one attached hydrogen (secondary N) is 2. The molecule has 0 saturated carbocycles. The molecule has 100 valence electrons. The molecule has 17 heavy (non-hydrogen) atoms. The van der Waals surface area contributed by atoms with Gasteiger partial charge in [-0.05, 0) is 20.8 Å². The molecule has 0 spiro atoms. The van der Waals surface area contributed by atoms with Crippen LogP contribution in [0.4, 0.5) is 4.79 Å². The molecule has 7 heteroatoms. The summed E-state index contributed by atoms with van der Waals surface area (Å²) in [7, 11) is 1.52. The number of carboxylic acids is 1. The zero-order valence-corrected chi connectivity index (χ0v) is 10.5. The zero-order valence-electron chi connectivity index (χ0n) is 10.5. The lowest BCUT2D eigenvalue weighted by Crippen LogP contribution is -2.51. The number of carbonyl (C=O) groups excluding carboxylic acids is 1. The standard InChI is InChI=1S/C10H20N2O5/c1-9(2,17-4)5-11-8(15)12-6-10(3,16)7(13)14/h16H,5-6H2,1-4H3,(H,13,14)(H2,11,12,15). The van der Waals surface area contributed by atoms with E-state index in [1.54, 1.807) is 13.8 Å². The molecule has 1 unspecified atom stereocenters. The average molecular weight is 248 g/mol. The maximum atomic E-state index is 11.3. The molecule has 0 fully saturated rings. The van der Waals surface area contributed by atoms with E-state index in [2.05, 4.69) is 10.6 Å². The fraction of sp³-hybridized carbons (Fsp3) is 0.800. The molecule has 0 aliphatic rings. The molecule has 0 bridgehead atoms. The smallest absolute Gasteiger partial charge is 0.337 e. The summed E-state index contributed by atoms with van der Waals surface area (Å²) >= 11 is 0. The Kier molecular flexibility index (Phi) is 5.37. The summed E-state index contributed by atoms with van der Waals surface area (Å²) in [5, 5.41) is 22.7. The van der Waals surface area contributed by atoms with Crippen LogP contribution in [0.2, 0.25) is 0 Å². The van der Waals surface area contributed by atoms with Crippen LogP contribution in [0.25, 0.3) is 0 Å². The van der Waals surface area contributed by atoms with Gasteiger partial charge >= 0.3 is 12.0 Å². The van der Waals surface area contributed by atoms with Crippen molar-refractivity contribution in [1.29, 1.82) is 0 Å². The number of hydrogen-bond acceptors (Lipinski definition) is 4. The van der Waals surface area contributed by atoms with Gasteiger partial charge in [0.1, 0.15) is 0 Å². The van der Waals surface area contributed by atoms with Crippen LogP contribution in [-0.2, 0) is 9.53 Å². The lowest BCUT2D eigenvalue weighted by molar-refractivity contribution is -0.155. The highest BCUT2D eigenvalue weighted by Gasteiger charge is 2.30. The maximum Gasteiger partial charge on any atom is 0.337 e. The van der Waals surface area contributed by atoms with Gasteiger partial charge < -0.3 is 25.6 Å². The van der Waals surface area contributed by atoms with Crippen LogP contribution < -0.4 is 10.6 Å². The van der Waals surface area contributed by atoms with Gasteiger partial charge in [0.05, 0.1) is 12.1 Å². The van der Waals surface area contributed by atoms with Crippen LogP contribution in [0.1, 0.15) is 20.8 Å². The second-order valence-electron chi connectivity index (χ2n) is 4.58. The molecular weight excluding hydrogens is 228 g/mol. The van der Waals surface area contributed by atoms with E-state index in [-0.39, 0.29) is 13.1 Å². The van der Waals surface area contributed by atoms with Gasteiger partial charge in [-0.3, -0.25) is 0 Å². The van der Waals surface area contributed by atoms with Crippen molar-refractivity contribution in [3.8, 4) is 0 Å². The molecule has 2 amide bonds. The maximum absolute atomic E-state index is 11.3. The lowest BCUT2D eigenvalue weighted by atomic mass is 10.1. The Hall–Kier alpha value is -1.34. The van der Waals surface area contributed by atoms with Crippen LogP contribution in [0.5, 0.6) is 0 Å². The average Bonchev–Trinajstić information content (AvgIpc) is 2.23. The molecule has 0 aliphatic carbocycles. The molecule has 4 N–H and O–H groups in total. The van der Waals surface area contributed by atoms with Gasteiger partial charge in [0.2, 0.25) is 0 Å². The van der Waals surface area contributed by atoms with Gasteiger partial charge in [0.25, 0.3) is 0 Å². The van der Waals surface area contributed by atoms with Gasteiger partial charge in [-0.1, -0.05) is 0 Å². The molecule has 0 aromatic heterocycles. The predicted octanol–water partition coefficient (Wildman–Crippen LogP) is -0.454. The molecule has 7 nitrogen and oxygen atoms in total. The minimum absolute atomic E-state index is 0.268. The molecule has 0 rings (SSSR count).